The number of aryl methyl sites for hydroxylation is 3. The number of hydrogen-bond donors (Lipinski definition) is 0. The molecule has 2 aromatic rings. The highest BCUT2D eigenvalue weighted by atomic mass is 16.5. The summed E-state index contributed by atoms with van der Waals surface area (Å²) >= 11 is 0. The fourth-order valence-electron chi connectivity index (χ4n) is 2.82. The van der Waals surface area contributed by atoms with E-state index in [9.17, 15) is 0 Å². The molecule has 0 bridgehead atoms. The van der Waals surface area contributed by atoms with Crippen LogP contribution in [0.1, 0.15) is 31.8 Å². The Morgan fingerprint density at radius 2 is 1.90 bits per heavy atom. The van der Waals surface area contributed by atoms with E-state index in [1.165, 1.54) is 0 Å². The maximum absolute atomic E-state index is 5.47. The summed E-state index contributed by atoms with van der Waals surface area (Å²) in [5, 5.41) is 4.62. The molecule has 0 saturated carbocycles. The topological polar surface area (TPSA) is 56.1 Å². The molecule has 1 aliphatic rings. The third kappa shape index (κ3) is 2.60. The fraction of sp³-hybridized carbons (Fsp3) is 0.667. The molecule has 0 aliphatic carbocycles. The van der Waals surface area contributed by atoms with Crippen LogP contribution in [0.2, 0.25) is 0 Å². The summed E-state index contributed by atoms with van der Waals surface area (Å²) in [6.07, 6.45) is 1.96. The van der Waals surface area contributed by atoms with Gasteiger partial charge in [-0.25, -0.2) is 9.97 Å². The summed E-state index contributed by atoms with van der Waals surface area (Å²) in [4.78, 5) is 11.9. The summed E-state index contributed by atoms with van der Waals surface area (Å²) in [7, 11) is 0. The zero-order valence-corrected chi connectivity index (χ0v) is 13.1. The number of anilines is 1. The molecule has 21 heavy (non-hydrogen) atoms. The standard InChI is InChI=1S/C15H23N5O/c1-4-6-12-16-13-11(3)18-20(5-2)14(13)15(17-12)19-7-9-21-10-8-19/h4-10H2,1-3H3. The van der Waals surface area contributed by atoms with Gasteiger partial charge in [0.15, 0.2) is 5.82 Å². The molecule has 2 aromatic heterocycles. The van der Waals surface area contributed by atoms with Crippen molar-refractivity contribution in [1.29, 1.82) is 0 Å². The lowest BCUT2D eigenvalue weighted by atomic mass is 10.2. The lowest BCUT2D eigenvalue weighted by molar-refractivity contribution is 0.122. The second kappa shape index (κ2) is 5.97. The van der Waals surface area contributed by atoms with Crippen molar-refractivity contribution in [2.24, 2.45) is 0 Å². The first-order chi connectivity index (χ1) is 10.2. The lowest BCUT2D eigenvalue weighted by Gasteiger charge is -2.28. The largest absolute Gasteiger partial charge is 0.378 e. The molecule has 0 N–H and O–H groups in total. The van der Waals surface area contributed by atoms with Crippen LogP contribution in [-0.2, 0) is 17.7 Å². The Morgan fingerprint density at radius 3 is 2.57 bits per heavy atom. The highest BCUT2D eigenvalue weighted by Crippen LogP contribution is 2.27. The number of morpholine rings is 1. The monoisotopic (exact) mass is 289 g/mol. The van der Waals surface area contributed by atoms with E-state index in [2.05, 4.69) is 23.8 Å². The quantitative estimate of drug-likeness (QED) is 0.861. The summed E-state index contributed by atoms with van der Waals surface area (Å²) in [5.74, 6) is 1.94. The predicted octanol–water partition coefficient (Wildman–Crippen LogP) is 1.94. The minimum absolute atomic E-state index is 0.758. The predicted molar refractivity (Wildman–Crippen MR) is 82.8 cm³/mol. The van der Waals surface area contributed by atoms with E-state index in [4.69, 9.17) is 14.7 Å². The molecular weight excluding hydrogens is 266 g/mol. The zero-order chi connectivity index (χ0) is 14.8. The molecule has 114 valence electrons. The molecule has 1 aliphatic heterocycles. The highest BCUT2D eigenvalue weighted by Gasteiger charge is 2.21. The summed E-state index contributed by atoms with van der Waals surface area (Å²) in [5.41, 5.74) is 3.05. The molecule has 0 unspecified atom stereocenters. The summed E-state index contributed by atoms with van der Waals surface area (Å²) < 4.78 is 7.48. The van der Waals surface area contributed by atoms with Gasteiger partial charge in [0.05, 0.1) is 18.9 Å². The number of aromatic nitrogens is 4. The van der Waals surface area contributed by atoms with Gasteiger partial charge in [-0.2, -0.15) is 5.10 Å². The average molecular weight is 289 g/mol. The molecular formula is C15H23N5O. The third-order valence-corrected chi connectivity index (χ3v) is 3.87. The van der Waals surface area contributed by atoms with Crippen molar-refractivity contribution in [2.45, 2.75) is 40.2 Å². The van der Waals surface area contributed by atoms with Crippen LogP contribution >= 0.6 is 0 Å². The van der Waals surface area contributed by atoms with Crippen LogP contribution in [0.5, 0.6) is 0 Å². The molecule has 3 heterocycles. The third-order valence-electron chi connectivity index (χ3n) is 3.87. The Labute approximate surface area is 125 Å². The van der Waals surface area contributed by atoms with Crippen LogP contribution in [0.4, 0.5) is 5.82 Å². The molecule has 0 radical (unpaired) electrons. The minimum Gasteiger partial charge on any atom is -0.378 e. The Bertz CT molecular complexity index is 631. The Morgan fingerprint density at radius 1 is 1.14 bits per heavy atom. The number of ether oxygens (including phenoxy) is 1. The first-order valence-electron chi connectivity index (χ1n) is 7.81. The molecule has 0 aromatic carbocycles. The van der Waals surface area contributed by atoms with Gasteiger partial charge in [0.1, 0.15) is 16.9 Å². The zero-order valence-electron chi connectivity index (χ0n) is 13.1. The van der Waals surface area contributed by atoms with Crippen molar-refractivity contribution < 1.29 is 4.74 Å². The van der Waals surface area contributed by atoms with Crippen LogP contribution in [0.25, 0.3) is 11.0 Å². The van der Waals surface area contributed by atoms with Crippen LogP contribution in [0.3, 0.4) is 0 Å². The molecule has 6 heteroatoms. The van der Waals surface area contributed by atoms with Gasteiger partial charge in [-0.05, 0) is 20.3 Å². The van der Waals surface area contributed by atoms with E-state index in [1.54, 1.807) is 0 Å². The van der Waals surface area contributed by atoms with E-state index in [-0.39, 0.29) is 0 Å². The first kappa shape index (κ1) is 14.3. The van der Waals surface area contributed by atoms with Gasteiger partial charge in [0.25, 0.3) is 0 Å². The normalized spacial score (nSPS) is 15.9. The average Bonchev–Trinajstić information content (AvgIpc) is 2.84. The lowest BCUT2D eigenvalue weighted by Crippen LogP contribution is -2.37. The Kier molecular flexibility index (Phi) is 4.05. The van der Waals surface area contributed by atoms with E-state index in [1.807, 2.05) is 11.6 Å². The van der Waals surface area contributed by atoms with Gasteiger partial charge in [-0.15, -0.1) is 0 Å². The SMILES string of the molecule is CCCc1nc(N2CCOCC2)c2c(n1)c(C)nn2CC. The highest BCUT2D eigenvalue weighted by molar-refractivity contribution is 5.88. The second-order valence-corrected chi connectivity index (χ2v) is 5.41. The first-order valence-corrected chi connectivity index (χ1v) is 7.81. The molecule has 1 saturated heterocycles. The van der Waals surface area contributed by atoms with Gasteiger partial charge in [-0.1, -0.05) is 6.92 Å². The summed E-state index contributed by atoms with van der Waals surface area (Å²) in [6.45, 7) is 10.4. The fourth-order valence-corrected chi connectivity index (χ4v) is 2.82. The Hall–Kier alpha value is -1.69. The van der Waals surface area contributed by atoms with Crippen molar-refractivity contribution in [2.75, 3.05) is 31.2 Å². The molecule has 0 atom stereocenters. The van der Waals surface area contributed by atoms with Crippen molar-refractivity contribution in [3.8, 4) is 0 Å². The van der Waals surface area contributed by atoms with Crippen LogP contribution < -0.4 is 4.90 Å². The number of hydrogen-bond acceptors (Lipinski definition) is 5. The molecule has 3 rings (SSSR count). The van der Waals surface area contributed by atoms with Crippen LogP contribution in [0.15, 0.2) is 0 Å². The molecule has 0 amide bonds. The number of rotatable bonds is 4. The molecule has 1 fully saturated rings. The smallest absolute Gasteiger partial charge is 0.158 e. The van der Waals surface area contributed by atoms with Crippen molar-refractivity contribution >= 4 is 16.9 Å². The van der Waals surface area contributed by atoms with Gasteiger partial charge in [-0.3, -0.25) is 4.68 Å². The van der Waals surface area contributed by atoms with Crippen LogP contribution in [0, 0.1) is 6.92 Å². The number of fused-ring (bicyclic) bond motifs is 1. The van der Waals surface area contributed by atoms with E-state index in [0.29, 0.717) is 0 Å². The maximum atomic E-state index is 5.47. The maximum Gasteiger partial charge on any atom is 0.158 e. The van der Waals surface area contributed by atoms with E-state index in [0.717, 1.165) is 74.1 Å². The van der Waals surface area contributed by atoms with Gasteiger partial charge >= 0.3 is 0 Å². The van der Waals surface area contributed by atoms with Gasteiger partial charge in [0, 0.05) is 26.1 Å². The summed E-state index contributed by atoms with van der Waals surface area (Å²) in [6, 6.07) is 0. The van der Waals surface area contributed by atoms with E-state index >= 15 is 0 Å². The number of nitrogens with zero attached hydrogens (tertiary/aromatic N) is 5. The van der Waals surface area contributed by atoms with Crippen LogP contribution in [-0.4, -0.2) is 46.1 Å². The van der Waals surface area contributed by atoms with Crippen molar-refractivity contribution in [3.05, 3.63) is 11.5 Å². The van der Waals surface area contributed by atoms with Gasteiger partial charge < -0.3 is 9.64 Å². The Balaban J connectivity index is 2.17. The molecule has 0 spiro atoms. The molecule has 6 nitrogen and oxygen atoms in total. The van der Waals surface area contributed by atoms with E-state index < -0.39 is 0 Å². The van der Waals surface area contributed by atoms with Crippen molar-refractivity contribution in [3.63, 3.8) is 0 Å². The minimum atomic E-state index is 0.758. The second-order valence-electron chi connectivity index (χ2n) is 5.41. The van der Waals surface area contributed by atoms with Crippen molar-refractivity contribution in [1.82, 2.24) is 19.7 Å². The van der Waals surface area contributed by atoms with Gasteiger partial charge in [0.2, 0.25) is 0 Å².